The summed E-state index contributed by atoms with van der Waals surface area (Å²) in [6.07, 6.45) is 30.2. The van der Waals surface area contributed by atoms with Crippen molar-refractivity contribution in [3.63, 3.8) is 0 Å². The van der Waals surface area contributed by atoms with Crippen LogP contribution in [0.15, 0.2) is 170 Å². The number of benzene rings is 4. The number of allylic oxidation sites excluding steroid dienone is 1. The number of anilines is 2. The van der Waals surface area contributed by atoms with E-state index < -0.39 is 62.1 Å². The number of hydrogen-bond acceptors (Lipinski definition) is 14. The third kappa shape index (κ3) is 30.5. The average Bonchev–Trinajstić information content (AvgIpc) is 1.69. The summed E-state index contributed by atoms with van der Waals surface area (Å²) in [6, 6.07) is 26.9. The number of halogens is 2. The first-order valence-electron chi connectivity index (χ1n) is 38.4. The predicted octanol–water partition coefficient (Wildman–Crippen LogP) is 19.3. The molecule has 602 valence electrons. The van der Waals surface area contributed by atoms with Gasteiger partial charge in [0, 0.05) is 49.5 Å². The van der Waals surface area contributed by atoms with Crippen molar-refractivity contribution in [2.75, 3.05) is 22.9 Å². The normalized spacial score (nSPS) is 28.9. The van der Waals surface area contributed by atoms with E-state index in [1.807, 2.05) is 78.3 Å². The van der Waals surface area contributed by atoms with E-state index >= 15 is 0 Å². The number of carbonyl (C=O) groups is 2. The van der Waals surface area contributed by atoms with Gasteiger partial charge in [-0.15, -0.1) is 0 Å². The van der Waals surface area contributed by atoms with E-state index in [0.717, 1.165) is 92.3 Å². The van der Waals surface area contributed by atoms with Crippen molar-refractivity contribution >= 4 is 53.4 Å². The number of aliphatic hydroxyl groups is 4. The summed E-state index contributed by atoms with van der Waals surface area (Å²) in [4.78, 5) is 30.1. The van der Waals surface area contributed by atoms with E-state index in [2.05, 4.69) is 134 Å². The molecule has 4 aromatic rings. The van der Waals surface area contributed by atoms with Crippen molar-refractivity contribution in [3.05, 3.63) is 234 Å². The first-order valence-corrected chi connectivity index (χ1v) is 43.9. The quantitative estimate of drug-likeness (QED) is 0.0408. The number of epoxide rings is 2. The molecule has 7 aliphatic heterocycles. The monoisotopic (exact) mass is 1620 g/mol. The number of nitrogens with zero attached hydrogens (tertiary/aromatic N) is 2. The van der Waals surface area contributed by atoms with Gasteiger partial charge in [0.25, 0.3) is 0 Å². The Balaban J connectivity index is 0.000000241. The fourth-order valence-electron chi connectivity index (χ4n) is 15.9. The van der Waals surface area contributed by atoms with E-state index in [1.165, 1.54) is 76.2 Å². The second-order valence-electron chi connectivity index (χ2n) is 30.8. The van der Waals surface area contributed by atoms with E-state index in [9.17, 15) is 30.0 Å². The van der Waals surface area contributed by atoms with Gasteiger partial charge in [0.05, 0.1) is 48.8 Å². The molecule has 0 aromatic heterocycles. The summed E-state index contributed by atoms with van der Waals surface area (Å²) in [6.45, 7) is 32.4. The van der Waals surface area contributed by atoms with Gasteiger partial charge in [-0.2, -0.15) is 6.67 Å². The molecule has 3 saturated heterocycles. The number of esters is 2. The zero-order valence-corrected chi connectivity index (χ0v) is 68.1. The Labute approximate surface area is 667 Å². The fourth-order valence-corrected chi connectivity index (χ4v) is 17.7. The van der Waals surface area contributed by atoms with Crippen LogP contribution in [-0.2, 0) is 51.5 Å². The number of fused-ring (bicyclic) bond motifs is 6. The minimum atomic E-state index is -1.61. The van der Waals surface area contributed by atoms with E-state index in [4.69, 9.17) is 47.8 Å². The minimum absolute atomic E-state index is 0. The van der Waals surface area contributed by atoms with Crippen molar-refractivity contribution in [3.8, 4) is 0 Å². The third-order valence-electron chi connectivity index (χ3n) is 20.8. The zero-order valence-electron chi connectivity index (χ0n) is 64.8. The summed E-state index contributed by atoms with van der Waals surface area (Å²) in [5, 5.41) is 43.3. The molecule has 0 radical (unpaired) electrons. The Kier molecular flexibility index (Phi) is 38.6. The molecule has 7 heterocycles. The third-order valence-corrected chi connectivity index (χ3v) is 22.6. The van der Waals surface area contributed by atoms with Crippen molar-refractivity contribution in [1.29, 1.82) is 0 Å². The van der Waals surface area contributed by atoms with E-state index in [0.29, 0.717) is 56.3 Å². The topological polar surface area (TPSA) is 184 Å². The Morgan fingerprint density at radius 1 is 0.550 bits per heavy atom. The number of aliphatic hydroxyl groups excluding tert-OH is 4. The van der Waals surface area contributed by atoms with Crippen LogP contribution in [0.5, 0.6) is 0 Å². The zero-order chi connectivity index (χ0) is 76.0. The van der Waals surface area contributed by atoms with Crippen LogP contribution in [0.3, 0.4) is 0 Å². The number of ether oxygens (including phenoxy) is 6. The van der Waals surface area contributed by atoms with Crippen LogP contribution in [0.25, 0.3) is 6.08 Å². The van der Waals surface area contributed by atoms with Gasteiger partial charge in [-0.25, -0.2) is 9.59 Å². The van der Waals surface area contributed by atoms with Crippen LogP contribution in [-0.4, -0.2) is 136 Å². The average molecular weight is 1630 g/mol. The fraction of sp³-hybridized carbons (Fsp3) is 0.511. The molecule has 0 amide bonds. The molecule has 4 bridgehead atoms. The molecule has 0 unspecified atom stereocenters. The maximum absolute atomic E-state index is 12.6. The Morgan fingerprint density at radius 2 is 1.00 bits per heavy atom. The van der Waals surface area contributed by atoms with E-state index in [-0.39, 0.29) is 71.1 Å². The van der Waals surface area contributed by atoms with Crippen LogP contribution in [0, 0.1) is 80.3 Å². The van der Waals surface area contributed by atoms with Crippen molar-refractivity contribution in [1.82, 2.24) is 0 Å². The number of hydrogen-bond donors (Lipinski definition) is 4. The Morgan fingerprint density at radius 3 is 1.45 bits per heavy atom. The molecule has 8 aliphatic rings. The molecule has 4 N–H and O–H groups in total. The molecule has 4 fully saturated rings. The first kappa shape index (κ1) is 92.0. The standard InChI is InChI=1S/C31H40O6.C30H44O6.C21H27N2.C7H6.2CH4.CH3.2ClH.Ru/c1-20-7-4-8-23(16-20)13-14-26(32)28-19-29-31(37-29)27(33)18-22(3)15-21(2)17-25-11-5-9-24(35-25)10-6-12-30(34)36-28;1-20-16-21(2)18-26(32)30-28(36-30)19-27(25(31)15-14-22-8-4-3-5-9-22)35-29(33)13-7-11-23-10-6-12-24(17-20)34-23;1-14-9-16(3)20(17(4)10-14)22-7-8-23(13-22)21-18(5)11-15(2)12-19(21)6;1-7-5-3-2-4-6-7;;;;;;/h4-9,12-14,16,21,24-29,31-33H,3,10-11,15,17-19H2,1-2H3;6-7,10,13-15,20,22-28,30-32H,2-5,8-9,11-12,16-19H2,1H3;9-13H,7-8H2,1-6H3;1-6H;2*1H4;1H3;2*1H;/q;;-1;;;;-1;;;+2/p-2/b12-6-,14-13+;13-7-,15-14+;;;;;;;;/t21-,24-,25-,26-,27-,28-,29-,31-;20-,23-,24-,25-,26-,27-,28-,30-;;;;;;;;/m00......../s1. The molecule has 1 aliphatic carbocycles. The molecule has 1 saturated carbocycles. The Bertz CT molecular complexity index is 3650. The van der Waals surface area contributed by atoms with Crippen LogP contribution < -0.4 is 9.80 Å². The summed E-state index contributed by atoms with van der Waals surface area (Å²) in [5.74, 6) is 0.248. The summed E-state index contributed by atoms with van der Waals surface area (Å²) in [5.41, 5.74) is 16.0. The van der Waals surface area contributed by atoms with Gasteiger partial charge in [-0.05, 0) is 171 Å². The maximum atomic E-state index is 12.6. The van der Waals surface area contributed by atoms with Gasteiger partial charge in [-0.1, -0.05) is 198 Å². The predicted molar refractivity (Wildman–Crippen MR) is 446 cm³/mol. The van der Waals surface area contributed by atoms with Crippen molar-refractivity contribution < 1.29 is 72.0 Å². The second-order valence-corrected chi connectivity index (χ2v) is 36.5. The van der Waals surface area contributed by atoms with Gasteiger partial charge in [-0.3, -0.25) is 0 Å². The molecule has 14 nitrogen and oxygen atoms in total. The van der Waals surface area contributed by atoms with Crippen LogP contribution in [0.4, 0.5) is 11.4 Å². The number of carbonyl (C=O) groups excluding carboxylic acids is 2. The summed E-state index contributed by atoms with van der Waals surface area (Å²) < 4.78 is 37.3. The summed E-state index contributed by atoms with van der Waals surface area (Å²) >= 11 is -1.61. The van der Waals surface area contributed by atoms with Gasteiger partial charge in [0.15, 0.2) is 0 Å². The number of rotatable bonds is 9. The van der Waals surface area contributed by atoms with E-state index in [1.54, 1.807) is 24.3 Å². The number of aryl methyl sites for hydroxylation is 7. The van der Waals surface area contributed by atoms with Gasteiger partial charge >= 0.3 is 85.3 Å². The van der Waals surface area contributed by atoms with Gasteiger partial charge in [0.1, 0.15) is 36.6 Å². The first-order chi connectivity index (χ1) is 50.8. The molecule has 0 spiro atoms. The Hall–Kier alpha value is -5.91. The van der Waals surface area contributed by atoms with Gasteiger partial charge < -0.3 is 66.1 Å². The molecule has 109 heavy (non-hydrogen) atoms. The molecular formula is C92H128Cl2N2O12Ru-2. The molecule has 16 atom stereocenters. The van der Waals surface area contributed by atoms with Crippen molar-refractivity contribution in [2.45, 2.75) is 272 Å². The SMILES string of the molecule is C.C.C=C1C[C@H](C)C[C@@H]2CC=C[C@@H](C/C=C\C(=O)O[C@H]([C@@H](O)/C=C/C3CCCCC3)C[C@@H]3O[C@H]3[C@@H](O)C1)O2.C=C1C[C@H](C)C[C@@H]2CC=C[C@@H](C/C=C\C(=O)O[C@H]([C@@H](O)/C=C/c3cccc(C)c3)C[C@@H]3O[C@H]3[C@@H](O)C1)O2.Cc1cc(C)c(N2[CH-]N(c3c(C)cc(C)cc3C)CC2)c(C)c1.[CH3-].[Cl][Ru]([Cl])=[CH]c1ccccc1. The van der Waals surface area contributed by atoms with Crippen LogP contribution >= 0.6 is 19.4 Å². The van der Waals surface area contributed by atoms with Crippen molar-refractivity contribution in [2.24, 2.45) is 17.8 Å². The summed E-state index contributed by atoms with van der Waals surface area (Å²) in [7, 11) is 11.3. The van der Waals surface area contributed by atoms with Gasteiger partial charge in [0.2, 0.25) is 0 Å². The number of cyclic esters (lactones) is 2. The van der Waals surface area contributed by atoms with Crippen LogP contribution in [0.1, 0.15) is 188 Å². The molecule has 17 heteroatoms. The second kappa shape index (κ2) is 45.7. The molecular weight excluding hydrogens is 1500 g/mol. The molecule has 12 rings (SSSR count). The van der Waals surface area contributed by atoms with Crippen LogP contribution in [0.2, 0.25) is 0 Å². The molecule has 4 aromatic carbocycles.